The highest BCUT2D eigenvalue weighted by Crippen LogP contribution is 2.37. The molecular formula is C23H30N6O2. The van der Waals surface area contributed by atoms with E-state index in [4.69, 9.17) is 11.5 Å². The van der Waals surface area contributed by atoms with Crippen molar-refractivity contribution in [3.8, 4) is 11.1 Å². The van der Waals surface area contributed by atoms with Crippen LogP contribution in [0, 0.1) is 5.92 Å². The van der Waals surface area contributed by atoms with Gasteiger partial charge in [0.15, 0.2) is 0 Å². The highest BCUT2D eigenvalue weighted by Gasteiger charge is 2.39. The summed E-state index contributed by atoms with van der Waals surface area (Å²) >= 11 is 0. The molecule has 164 valence electrons. The van der Waals surface area contributed by atoms with Crippen LogP contribution in [-0.4, -0.2) is 55.7 Å². The second kappa shape index (κ2) is 8.64. The number of nitrogen functional groups attached to an aromatic ring is 1. The summed E-state index contributed by atoms with van der Waals surface area (Å²) in [7, 11) is 0. The molecule has 31 heavy (non-hydrogen) atoms. The second-order valence-corrected chi connectivity index (χ2v) is 8.40. The molecule has 0 saturated carbocycles. The van der Waals surface area contributed by atoms with Crippen molar-refractivity contribution in [2.75, 3.05) is 18.9 Å². The molecule has 1 aliphatic rings. The average molecular weight is 423 g/mol. The summed E-state index contributed by atoms with van der Waals surface area (Å²) in [6.07, 6.45) is 4.94. The number of hydrogen-bond donors (Lipinski definition) is 3. The molecule has 3 heterocycles. The number of rotatable bonds is 6. The Morgan fingerprint density at radius 2 is 2.03 bits per heavy atom. The molecule has 4 unspecified atom stereocenters. The lowest BCUT2D eigenvalue weighted by Crippen LogP contribution is -2.49. The third-order valence-corrected chi connectivity index (χ3v) is 6.55. The topological polar surface area (TPSA) is 123 Å². The number of nitrogens with zero attached hydrogens (tertiary/aromatic N) is 4. The molecule has 1 aliphatic heterocycles. The van der Waals surface area contributed by atoms with Crippen LogP contribution < -0.4 is 11.5 Å². The van der Waals surface area contributed by atoms with Gasteiger partial charge in [-0.05, 0) is 17.9 Å². The summed E-state index contributed by atoms with van der Waals surface area (Å²) in [6.45, 7) is 4.37. The fourth-order valence-corrected chi connectivity index (χ4v) is 4.45. The van der Waals surface area contributed by atoms with Crippen LogP contribution in [0.4, 0.5) is 5.82 Å². The zero-order valence-electron chi connectivity index (χ0n) is 18.0. The lowest BCUT2D eigenvalue weighted by atomic mass is 9.98. The molecule has 0 aliphatic carbocycles. The summed E-state index contributed by atoms with van der Waals surface area (Å²) in [5.41, 5.74) is 15.2. The first-order valence-corrected chi connectivity index (χ1v) is 10.8. The summed E-state index contributed by atoms with van der Waals surface area (Å²) in [5, 5.41) is 10.8. The van der Waals surface area contributed by atoms with E-state index in [-0.39, 0.29) is 30.5 Å². The van der Waals surface area contributed by atoms with E-state index in [9.17, 15) is 9.90 Å². The summed E-state index contributed by atoms with van der Waals surface area (Å²) in [5.74, 6) is 0.395. The zero-order chi connectivity index (χ0) is 22.1. The van der Waals surface area contributed by atoms with Crippen molar-refractivity contribution in [3.63, 3.8) is 0 Å². The molecule has 1 fully saturated rings. The molecular weight excluding hydrogens is 392 g/mol. The first kappa shape index (κ1) is 21.3. The average Bonchev–Trinajstić information content (AvgIpc) is 3.40. The Morgan fingerprint density at radius 1 is 1.29 bits per heavy atom. The van der Waals surface area contributed by atoms with Gasteiger partial charge in [0, 0.05) is 18.3 Å². The van der Waals surface area contributed by atoms with Crippen molar-refractivity contribution in [1.29, 1.82) is 0 Å². The van der Waals surface area contributed by atoms with Gasteiger partial charge in [0.2, 0.25) is 5.91 Å². The quantitative estimate of drug-likeness (QED) is 0.559. The van der Waals surface area contributed by atoms with Crippen molar-refractivity contribution in [3.05, 3.63) is 42.9 Å². The van der Waals surface area contributed by atoms with E-state index in [1.165, 1.54) is 6.33 Å². The molecule has 4 rings (SSSR count). The van der Waals surface area contributed by atoms with Gasteiger partial charge in [-0.3, -0.25) is 4.79 Å². The van der Waals surface area contributed by atoms with Crippen LogP contribution in [0.1, 0.15) is 32.7 Å². The Hall–Kier alpha value is -2.97. The smallest absolute Gasteiger partial charge is 0.240 e. The second-order valence-electron chi connectivity index (χ2n) is 8.40. The number of carbonyl (C=O) groups excluding carboxylic acids is 1. The van der Waals surface area contributed by atoms with Crippen LogP contribution in [0.5, 0.6) is 0 Å². The maximum Gasteiger partial charge on any atom is 0.240 e. The minimum absolute atomic E-state index is 0.0421. The van der Waals surface area contributed by atoms with E-state index in [0.29, 0.717) is 18.8 Å². The van der Waals surface area contributed by atoms with Gasteiger partial charge in [0.25, 0.3) is 0 Å². The van der Waals surface area contributed by atoms with E-state index in [2.05, 4.69) is 14.5 Å². The molecule has 2 aromatic heterocycles. The van der Waals surface area contributed by atoms with Gasteiger partial charge in [0.05, 0.1) is 30.1 Å². The first-order valence-electron chi connectivity index (χ1n) is 10.8. The molecule has 5 N–H and O–H groups in total. The molecule has 0 radical (unpaired) electrons. The third-order valence-electron chi connectivity index (χ3n) is 6.55. The lowest BCUT2D eigenvalue weighted by molar-refractivity contribution is -0.135. The van der Waals surface area contributed by atoms with E-state index in [1.54, 1.807) is 4.90 Å². The fourth-order valence-electron chi connectivity index (χ4n) is 4.45. The Kier molecular flexibility index (Phi) is 5.93. The van der Waals surface area contributed by atoms with Gasteiger partial charge in [-0.1, -0.05) is 50.6 Å². The van der Waals surface area contributed by atoms with E-state index in [1.807, 2.05) is 50.4 Å². The molecule has 4 atom stereocenters. The van der Waals surface area contributed by atoms with Crippen LogP contribution >= 0.6 is 0 Å². The van der Waals surface area contributed by atoms with E-state index in [0.717, 1.165) is 28.6 Å². The predicted molar refractivity (Wildman–Crippen MR) is 121 cm³/mol. The Balaban J connectivity index is 1.73. The highest BCUT2D eigenvalue weighted by molar-refractivity contribution is 6.00. The number of aliphatic hydroxyl groups is 1. The fraction of sp³-hybridized carbons (Fsp3) is 0.435. The summed E-state index contributed by atoms with van der Waals surface area (Å²) < 4.78 is 2.07. The number of amides is 1. The van der Waals surface area contributed by atoms with Crippen LogP contribution in [0.3, 0.4) is 0 Å². The number of carbonyl (C=O) groups is 1. The molecule has 1 aromatic carbocycles. The van der Waals surface area contributed by atoms with Crippen LogP contribution in [0.2, 0.25) is 0 Å². The van der Waals surface area contributed by atoms with Gasteiger partial charge in [-0.2, -0.15) is 0 Å². The number of likely N-dealkylation sites (tertiary alicyclic amines) is 1. The van der Waals surface area contributed by atoms with Crippen molar-refractivity contribution >= 4 is 22.8 Å². The molecule has 3 aromatic rings. The highest BCUT2D eigenvalue weighted by atomic mass is 16.3. The molecule has 0 spiro atoms. The number of nitrogens with two attached hydrogens (primary N) is 2. The maximum atomic E-state index is 13.1. The Bertz CT molecular complexity index is 1070. The van der Waals surface area contributed by atoms with Crippen molar-refractivity contribution in [1.82, 2.24) is 19.4 Å². The number of aromatic nitrogens is 3. The first-order chi connectivity index (χ1) is 15.0. The largest absolute Gasteiger partial charge is 0.394 e. The number of fused-ring (bicyclic) bond motifs is 1. The molecule has 1 saturated heterocycles. The minimum Gasteiger partial charge on any atom is -0.394 e. The SMILES string of the molecule is CCC(C)C(N)C(=O)N1CC(n2cc(-c3ccccc3)c3c(N)ncnc32)CC1CO. The number of benzene rings is 1. The molecule has 8 heteroatoms. The van der Waals surface area contributed by atoms with Gasteiger partial charge in [-0.15, -0.1) is 0 Å². The van der Waals surface area contributed by atoms with Gasteiger partial charge in [0.1, 0.15) is 17.8 Å². The van der Waals surface area contributed by atoms with Crippen molar-refractivity contribution < 1.29 is 9.90 Å². The van der Waals surface area contributed by atoms with Gasteiger partial charge >= 0.3 is 0 Å². The normalized spacial score (nSPS) is 20.8. The minimum atomic E-state index is -0.572. The van der Waals surface area contributed by atoms with Gasteiger partial charge in [-0.25, -0.2) is 9.97 Å². The Morgan fingerprint density at radius 3 is 2.71 bits per heavy atom. The third kappa shape index (κ3) is 3.77. The predicted octanol–water partition coefficient (Wildman–Crippen LogP) is 2.19. The van der Waals surface area contributed by atoms with Crippen molar-refractivity contribution in [2.45, 2.75) is 44.8 Å². The van der Waals surface area contributed by atoms with Crippen LogP contribution in [0.25, 0.3) is 22.2 Å². The van der Waals surface area contributed by atoms with E-state index >= 15 is 0 Å². The molecule has 1 amide bonds. The number of aliphatic hydroxyl groups excluding tert-OH is 1. The number of anilines is 1. The summed E-state index contributed by atoms with van der Waals surface area (Å²) in [6, 6.07) is 9.09. The van der Waals surface area contributed by atoms with Crippen LogP contribution in [-0.2, 0) is 4.79 Å². The Labute approximate surface area is 181 Å². The zero-order valence-corrected chi connectivity index (χ0v) is 18.0. The monoisotopic (exact) mass is 422 g/mol. The number of hydrogen-bond acceptors (Lipinski definition) is 6. The molecule has 0 bridgehead atoms. The molecule has 8 nitrogen and oxygen atoms in total. The van der Waals surface area contributed by atoms with E-state index < -0.39 is 6.04 Å². The van der Waals surface area contributed by atoms with Crippen LogP contribution in [0.15, 0.2) is 42.9 Å². The standard InChI is InChI=1S/C23H30N6O2/c1-3-14(2)20(24)23(31)29-10-16(9-17(29)12-30)28-11-18(15-7-5-4-6-8-15)19-21(25)26-13-27-22(19)28/h4-8,11,13-14,16-17,20,30H,3,9-10,12,24H2,1-2H3,(H2,25,26,27). The van der Waals surface area contributed by atoms with Crippen molar-refractivity contribution in [2.24, 2.45) is 11.7 Å². The van der Waals surface area contributed by atoms with Gasteiger partial charge < -0.3 is 26.0 Å². The lowest BCUT2D eigenvalue weighted by Gasteiger charge is -2.28. The summed E-state index contributed by atoms with van der Waals surface area (Å²) in [4.78, 5) is 23.5. The maximum absolute atomic E-state index is 13.1.